The number of benzene rings is 1. The standard InChI is InChI=1S/C17H15IN2O3/c18-11-3-5-12(6-4-11)19-13(21)8-20-16(22)14-9-1-2-10(7-9)15(14)17(20)23/h1-6,9-10,14-15H,7-8H2,(H,19,21). The summed E-state index contributed by atoms with van der Waals surface area (Å²) in [6.07, 6.45) is 4.99. The number of likely N-dealkylation sites (tertiary alicyclic amines) is 1. The minimum atomic E-state index is -0.340. The third-order valence-electron chi connectivity index (χ3n) is 4.99. The van der Waals surface area contributed by atoms with E-state index in [0.717, 1.165) is 14.9 Å². The molecule has 4 rings (SSSR count). The Morgan fingerprint density at radius 3 is 2.22 bits per heavy atom. The molecule has 2 bridgehead atoms. The molecule has 1 aromatic rings. The van der Waals surface area contributed by atoms with Gasteiger partial charge in [0.1, 0.15) is 6.54 Å². The van der Waals surface area contributed by atoms with Crippen LogP contribution in [0.3, 0.4) is 0 Å². The zero-order chi connectivity index (χ0) is 16.1. The molecular formula is C17H15IN2O3. The second-order valence-corrected chi connectivity index (χ2v) is 7.56. The molecule has 1 aliphatic heterocycles. The summed E-state index contributed by atoms with van der Waals surface area (Å²) in [6, 6.07) is 7.37. The van der Waals surface area contributed by atoms with Crippen molar-refractivity contribution in [1.29, 1.82) is 0 Å². The van der Waals surface area contributed by atoms with Gasteiger partial charge < -0.3 is 5.32 Å². The van der Waals surface area contributed by atoms with Crippen LogP contribution in [0.5, 0.6) is 0 Å². The Bertz CT molecular complexity index is 698. The maximum atomic E-state index is 12.5. The van der Waals surface area contributed by atoms with Gasteiger partial charge in [-0.15, -0.1) is 0 Å². The number of nitrogens with one attached hydrogen (secondary N) is 1. The van der Waals surface area contributed by atoms with E-state index in [9.17, 15) is 14.4 Å². The number of carbonyl (C=O) groups is 3. The Labute approximate surface area is 147 Å². The van der Waals surface area contributed by atoms with Crippen LogP contribution < -0.4 is 5.32 Å². The number of hydrogen-bond donors (Lipinski definition) is 1. The fourth-order valence-electron chi connectivity index (χ4n) is 4.00. The molecule has 1 N–H and O–H groups in total. The molecule has 0 spiro atoms. The number of fused-ring (bicyclic) bond motifs is 5. The summed E-state index contributed by atoms with van der Waals surface area (Å²) in [4.78, 5) is 38.3. The minimum Gasteiger partial charge on any atom is -0.325 e. The SMILES string of the molecule is O=C(CN1C(=O)C2C3C=CC(C3)C2C1=O)Nc1ccc(I)cc1. The van der Waals surface area contributed by atoms with Crippen LogP contribution in [0.15, 0.2) is 36.4 Å². The molecule has 1 aromatic carbocycles. The number of rotatable bonds is 3. The van der Waals surface area contributed by atoms with Gasteiger partial charge in [-0.3, -0.25) is 19.3 Å². The number of halogens is 1. The van der Waals surface area contributed by atoms with Gasteiger partial charge in [0.05, 0.1) is 11.8 Å². The zero-order valence-electron chi connectivity index (χ0n) is 12.2. The highest BCUT2D eigenvalue weighted by molar-refractivity contribution is 14.1. The third kappa shape index (κ3) is 2.39. The van der Waals surface area contributed by atoms with Crippen molar-refractivity contribution in [2.24, 2.45) is 23.7 Å². The first-order chi connectivity index (χ1) is 11.0. The number of anilines is 1. The molecule has 4 unspecified atom stereocenters. The van der Waals surface area contributed by atoms with Crippen molar-refractivity contribution < 1.29 is 14.4 Å². The number of nitrogens with zero attached hydrogens (tertiary/aromatic N) is 1. The highest BCUT2D eigenvalue weighted by Crippen LogP contribution is 2.52. The van der Waals surface area contributed by atoms with Gasteiger partial charge >= 0.3 is 0 Å². The Morgan fingerprint density at radius 2 is 1.65 bits per heavy atom. The van der Waals surface area contributed by atoms with Crippen LogP contribution in [-0.2, 0) is 14.4 Å². The van der Waals surface area contributed by atoms with Crippen LogP contribution in [0.2, 0.25) is 0 Å². The highest BCUT2D eigenvalue weighted by atomic mass is 127. The third-order valence-corrected chi connectivity index (χ3v) is 5.71. The average molecular weight is 422 g/mol. The van der Waals surface area contributed by atoms with E-state index in [2.05, 4.69) is 27.9 Å². The monoisotopic (exact) mass is 422 g/mol. The average Bonchev–Trinajstić information content (AvgIpc) is 3.19. The molecule has 3 aliphatic rings. The van der Waals surface area contributed by atoms with E-state index in [-0.39, 0.29) is 47.9 Å². The first kappa shape index (κ1) is 14.9. The van der Waals surface area contributed by atoms with E-state index in [1.807, 2.05) is 24.3 Å². The van der Waals surface area contributed by atoms with E-state index in [1.165, 1.54) is 0 Å². The van der Waals surface area contributed by atoms with Crippen molar-refractivity contribution in [2.45, 2.75) is 6.42 Å². The summed E-state index contributed by atoms with van der Waals surface area (Å²) in [7, 11) is 0. The van der Waals surface area contributed by atoms with Gasteiger partial charge in [-0.2, -0.15) is 0 Å². The fourth-order valence-corrected chi connectivity index (χ4v) is 4.36. The molecule has 118 valence electrons. The molecule has 0 radical (unpaired) electrons. The van der Waals surface area contributed by atoms with Crippen LogP contribution in [0.1, 0.15) is 6.42 Å². The van der Waals surface area contributed by atoms with Gasteiger partial charge in [0, 0.05) is 9.26 Å². The summed E-state index contributed by atoms with van der Waals surface area (Å²) >= 11 is 2.18. The first-order valence-corrected chi connectivity index (χ1v) is 8.71. The van der Waals surface area contributed by atoms with Gasteiger partial charge in [0.15, 0.2) is 0 Å². The fraction of sp³-hybridized carbons (Fsp3) is 0.353. The summed E-state index contributed by atoms with van der Waals surface area (Å²) < 4.78 is 1.07. The van der Waals surface area contributed by atoms with Gasteiger partial charge in [0.2, 0.25) is 17.7 Å². The van der Waals surface area contributed by atoms with Crippen molar-refractivity contribution in [2.75, 3.05) is 11.9 Å². The zero-order valence-corrected chi connectivity index (χ0v) is 14.4. The van der Waals surface area contributed by atoms with Gasteiger partial charge in [-0.1, -0.05) is 12.2 Å². The lowest BCUT2D eigenvalue weighted by molar-refractivity contribution is -0.143. The number of amides is 3. The molecule has 2 aliphatic carbocycles. The van der Waals surface area contributed by atoms with E-state index in [1.54, 1.807) is 12.1 Å². The summed E-state index contributed by atoms with van der Waals surface area (Å²) in [5.74, 6) is -0.860. The maximum absolute atomic E-state index is 12.5. The van der Waals surface area contributed by atoms with Crippen LogP contribution in [0.4, 0.5) is 5.69 Å². The van der Waals surface area contributed by atoms with Crippen molar-refractivity contribution in [3.8, 4) is 0 Å². The Morgan fingerprint density at radius 1 is 1.09 bits per heavy atom. The molecule has 1 saturated heterocycles. The molecule has 1 heterocycles. The highest BCUT2D eigenvalue weighted by Gasteiger charge is 2.59. The lowest BCUT2D eigenvalue weighted by Crippen LogP contribution is -2.39. The number of carbonyl (C=O) groups excluding carboxylic acids is 3. The van der Waals surface area contributed by atoms with E-state index < -0.39 is 0 Å². The summed E-state index contributed by atoms with van der Waals surface area (Å²) in [5.41, 5.74) is 0.663. The van der Waals surface area contributed by atoms with E-state index >= 15 is 0 Å². The maximum Gasteiger partial charge on any atom is 0.244 e. The van der Waals surface area contributed by atoms with Gasteiger partial charge in [-0.05, 0) is 65.1 Å². The number of imide groups is 1. The topological polar surface area (TPSA) is 66.5 Å². The van der Waals surface area contributed by atoms with Crippen LogP contribution in [0.25, 0.3) is 0 Å². The van der Waals surface area contributed by atoms with E-state index in [4.69, 9.17) is 0 Å². The summed E-state index contributed by atoms with van der Waals surface area (Å²) in [6.45, 7) is -0.198. The largest absolute Gasteiger partial charge is 0.325 e. The smallest absolute Gasteiger partial charge is 0.244 e. The molecule has 5 nitrogen and oxygen atoms in total. The van der Waals surface area contributed by atoms with Crippen LogP contribution in [-0.4, -0.2) is 29.2 Å². The van der Waals surface area contributed by atoms with Crippen LogP contribution in [0, 0.1) is 27.2 Å². The van der Waals surface area contributed by atoms with Crippen LogP contribution >= 0.6 is 22.6 Å². The second-order valence-electron chi connectivity index (χ2n) is 6.32. The Hall–Kier alpha value is -1.70. The first-order valence-electron chi connectivity index (χ1n) is 7.63. The number of hydrogen-bond acceptors (Lipinski definition) is 3. The van der Waals surface area contributed by atoms with Gasteiger partial charge in [-0.25, -0.2) is 0 Å². The molecule has 1 saturated carbocycles. The minimum absolute atomic E-state index is 0.172. The molecular weight excluding hydrogens is 407 g/mol. The van der Waals surface area contributed by atoms with Crippen molar-refractivity contribution in [1.82, 2.24) is 4.90 Å². The predicted molar refractivity (Wildman–Crippen MR) is 92.2 cm³/mol. The summed E-state index contributed by atoms with van der Waals surface area (Å²) in [5, 5.41) is 2.74. The van der Waals surface area contributed by atoms with Crippen molar-refractivity contribution >= 4 is 46.0 Å². The van der Waals surface area contributed by atoms with E-state index in [0.29, 0.717) is 5.69 Å². The molecule has 23 heavy (non-hydrogen) atoms. The van der Waals surface area contributed by atoms with Crippen molar-refractivity contribution in [3.63, 3.8) is 0 Å². The number of allylic oxidation sites excluding steroid dienone is 2. The lowest BCUT2D eigenvalue weighted by atomic mass is 9.85. The predicted octanol–water partition coefficient (Wildman–Crippen LogP) is 2.04. The normalized spacial score (nSPS) is 30.9. The molecule has 2 fully saturated rings. The quantitative estimate of drug-likeness (QED) is 0.461. The molecule has 3 amide bonds. The second kappa shape index (κ2) is 5.43. The Kier molecular flexibility index (Phi) is 3.51. The lowest BCUT2D eigenvalue weighted by Gasteiger charge is -2.16. The Balaban J connectivity index is 1.45. The van der Waals surface area contributed by atoms with Crippen molar-refractivity contribution in [3.05, 3.63) is 40.0 Å². The molecule has 0 aromatic heterocycles. The van der Waals surface area contributed by atoms with Gasteiger partial charge in [0.25, 0.3) is 0 Å². The molecule has 6 heteroatoms. The molecule has 4 atom stereocenters.